The number of para-hydroxylation sites is 1. The molecule has 110 valence electrons. The minimum absolute atomic E-state index is 0.434. The molecule has 1 aliphatic rings. The fraction of sp³-hybridized carbons (Fsp3) is 0.400. The molecule has 2 aromatic carbocycles. The normalized spacial score (nSPS) is 19.1. The van der Waals surface area contributed by atoms with Crippen molar-refractivity contribution in [2.45, 2.75) is 51.6 Å². The Bertz CT molecular complexity index is 575. The quantitative estimate of drug-likeness (QED) is 0.727. The van der Waals surface area contributed by atoms with Crippen LogP contribution in [0, 0.1) is 0 Å². The first-order chi connectivity index (χ1) is 10.3. The minimum atomic E-state index is 0.434. The predicted octanol–water partition coefficient (Wildman–Crippen LogP) is 5.37. The predicted molar refractivity (Wildman–Crippen MR) is 90.8 cm³/mol. The number of benzene rings is 2. The molecule has 1 heteroatoms. The van der Waals surface area contributed by atoms with E-state index in [1.807, 2.05) is 0 Å². The molecular formula is C20H25N. The van der Waals surface area contributed by atoms with Crippen LogP contribution >= 0.6 is 0 Å². The van der Waals surface area contributed by atoms with E-state index in [4.69, 9.17) is 0 Å². The van der Waals surface area contributed by atoms with Crippen molar-refractivity contribution >= 4 is 5.69 Å². The molecule has 0 N–H and O–H groups in total. The Morgan fingerprint density at radius 1 is 1.05 bits per heavy atom. The molecule has 2 atom stereocenters. The lowest BCUT2D eigenvalue weighted by atomic mass is 9.90. The summed E-state index contributed by atoms with van der Waals surface area (Å²) in [6.45, 7) is 4.64. The SMILES string of the molecule is CCC[C@H]1CCc2ccccc2N1[C@@H](C)c1ccccc1. The van der Waals surface area contributed by atoms with Crippen LogP contribution in [-0.2, 0) is 6.42 Å². The summed E-state index contributed by atoms with van der Waals surface area (Å²) < 4.78 is 0. The van der Waals surface area contributed by atoms with Crippen molar-refractivity contribution in [1.29, 1.82) is 0 Å². The van der Waals surface area contributed by atoms with Crippen LogP contribution < -0.4 is 4.90 Å². The first kappa shape index (κ1) is 14.2. The van der Waals surface area contributed by atoms with Gasteiger partial charge >= 0.3 is 0 Å². The molecular weight excluding hydrogens is 254 g/mol. The Balaban J connectivity index is 1.99. The second kappa shape index (κ2) is 6.34. The Hall–Kier alpha value is -1.76. The zero-order chi connectivity index (χ0) is 14.7. The highest BCUT2D eigenvalue weighted by molar-refractivity contribution is 5.58. The van der Waals surface area contributed by atoms with Gasteiger partial charge in [0.2, 0.25) is 0 Å². The van der Waals surface area contributed by atoms with Gasteiger partial charge in [0.05, 0.1) is 6.04 Å². The third-order valence-corrected chi connectivity index (χ3v) is 4.73. The van der Waals surface area contributed by atoms with Gasteiger partial charge < -0.3 is 4.90 Å². The number of hydrogen-bond acceptors (Lipinski definition) is 1. The molecule has 2 aromatic rings. The summed E-state index contributed by atoms with van der Waals surface area (Å²) in [4.78, 5) is 2.66. The highest BCUT2D eigenvalue weighted by Crippen LogP contribution is 2.38. The topological polar surface area (TPSA) is 3.24 Å². The highest BCUT2D eigenvalue weighted by atomic mass is 15.2. The second-order valence-electron chi connectivity index (χ2n) is 6.10. The summed E-state index contributed by atoms with van der Waals surface area (Å²) >= 11 is 0. The van der Waals surface area contributed by atoms with Crippen LogP contribution in [0.3, 0.4) is 0 Å². The monoisotopic (exact) mass is 279 g/mol. The molecule has 0 aromatic heterocycles. The Labute approximate surface area is 128 Å². The van der Waals surface area contributed by atoms with Crippen LogP contribution in [-0.4, -0.2) is 6.04 Å². The number of hydrogen-bond donors (Lipinski definition) is 0. The van der Waals surface area contributed by atoms with E-state index in [0.29, 0.717) is 12.1 Å². The van der Waals surface area contributed by atoms with Gasteiger partial charge in [-0.2, -0.15) is 0 Å². The summed E-state index contributed by atoms with van der Waals surface area (Å²) in [5.41, 5.74) is 4.36. The number of nitrogens with zero attached hydrogens (tertiary/aromatic N) is 1. The van der Waals surface area contributed by atoms with Gasteiger partial charge in [-0.1, -0.05) is 61.9 Å². The van der Waals surface area contributed by atoms with Crippen LogP contribution in [0.1, 0.15) is 50.3 Å². The Morgan fingerprint density at radius 3 is 2.52 bits per heavy atom. The molecule has 0 saturated heterocycles. The van der Waals surface area contributed by atoms with Gasteiger partial charge in [-0.25, -0.2) is 0 Å². The molecule has 0 bridgehead atoms. The third kappa shape index (κ3) is 2.83. The van der Waals surface area contributed by atoms with Crippen molar-refractivity contribution in [2.24, 2.45) is 0 Å². The molecule has 1 nitrogen and oxygen atoms in total. The molecule has 3 rings (SSSR count). The third-order valence-electron chi connectivity index (χ3n) is 4.73. The van der Waals surface area contributed by atoms with Crippen molar-refractivity contribution in [3.63, 3.8) is 0 Å². The maximum Gasteiger partial charge on any atom is 0.0517 e. The molecule has 1 heterocycles. The summed E-state index contributed by atoms with van der Waals surface area (Å²) in [5.74, 6) is 0. The largest absolute Gasteiger partial charge is 0.362 e. The fourth-order valence-corrected chi connectivity index (χ4v) is 3.67. The lowest BCUT2D eigenvalue weighted by molar-refractivity contribution is 0.455. The van der Waals surface area contributed by atoms with Gasteiger partial charge in [0.15, 0.2) is 0 Å². The van der Waals surface area contributed by atoms with Crippen LogP contribution in [0.5, 0.6) is 0 Å². The number of anilines is 1. The molecule has 0 spiro atoms. The maximum atomic E-state index is 2.66. The fourth-order valence-electron chi connectivity index (χ4n) is 3.67. The first-order valence-electron chi connectivity index (χ1n) is 8.22. The van der Waals surface area contributed by atoms with Crippen molar-refractivity contribution < 1.29 is 0 Å². The Morgan fingerprint density at radius 2 is 1.76 bits per heavy atom. The Kier molecular flexibility index (Phi) is 4.28. The van der Waals surface area contributed by atoms with E-state index >= 15 is 0 Å². The van der Waals surface area contributed by atoms with E-state index in [-0.39, 0.29) is 0 Å². The van der Waals surface area contributed by atoms with Gasteiger partial charge in [-0.15, -0.1) is 0 Å². The van der Waals surface area contributed by atoms with Gasteiger partial charge in [0.25, 0.3) is 0 Å². The summed E-state index contributed by atoms with van der Waals surface area (Å²) in [6, 6.07) is 21.0. The maximum absolute atomic E-state index is 2.66. The molecule has 0 fully saturated rings. The zero-order valence-corrected chi connectivity index (χ0v) is 13.1. The molecule has 0 unspecified atom stereocenters. The van der Waals surface area contributed by atoms with Crippen molar-refractivity contribution in [3.05, 3.63) is 65.7 Å². The molecule has 0 saturated carbocycles. The zero-order valence-electron chi connectivity index (χ0n) is 13.1. The van der Waals surface area contributed by atoms with Gasteiger partial charge in [-0.3, -0.25) is 0 Å². The average molecular weight is 279 g/mol. The molecule has 0 amide bonds. The lowest BCUT2D eigenvalue weighted by Crippen LogP contribution is -2.41. The van der Waals surface area contributed by atoms with Crippen molar-refractivity contribution in [2.75, 3.05) is 4.90 Å². The molecule has 21 heavy (non-hydrogen) atoms. The van der Waals surface area contributed by atoms with Crippen LogP contribution in [0.15, 0.2) is 54.6 Å². The van der Waals surface area contributed by atoms with E-state index in [9.17, 15) is 0 Å². The van der Waals surface area contributed by atoms with E-state index in [0.717, 1.165) is 0 Å². The summed E-state index contributed by atoms with van der Waals surface area (Å²) in [7, 11) is 0. The van der Waals surface area contributed by atoms with Crippen molar-refractivity contribution in [1.82, 2.24) is 0 Å². The molecule has 0 radical (unpaired) electrons. The number of aryl methyl sites for hydroxylation is 1. The van der Waals surface area contributed by atoms with Crippen LogP contribution in [0.2, 0.25) is 0 Å². The minimum Gasteiger partial charge on any atom is -0.362 e. The second-order valence-corrected chi connectivity index (χ2v) is 6.10. The van der Waals surface area contributed by atoms with E-state index < -0.39 is 0 Å². The highest BCUT2D eigenvalue weighted by Gasteiger charge is 2.29. The smallest absolute Gasteiger partial charge is 0.0517 e. The lowest BCUT2D eigenvalue weighted by Gasteiger charge is -2.43. The summed E-state index contributed by atoms with van der Waals surface area (Å²) in [5, 5.41) is 0. The molecule has 0 aliphatic carbocycles. The summed E-state index contributed by atoms with van der Waals surface area (Å²) in [6.07, 6.45) is 5.04. The number of fused-ring (bicyclic) bond motifs is 1. The van der Waals surface area contributed by atoms with Crippen molar-refractivity contribution in [3.8, 4) is 0 Å². The van der Waals surface area contributed by atoms with Crippen LogP contribution in [0.25, 0.3) is 0 Å². The van der Waals surface area contributed by atoms with E-state index in [2.05, 4.69) is 73.3 Å². The van der Waals surface area contributed by atoms with Gasteiger partial charge in [-0.05, 0) is 43.4 Å². The first-order valence-corrected chi connectivity index (χ1v) is 8.22. The standard InChI is InChI=1S/C20H25N/c1-3-9-19-15-14-18-12-7-8-13-20(18)21(19)16(2)17-10-5-4-6-11-17/h4-8,10-13,16,19H,3,9,14-15H2,1-2H3/t16-,19-/m0/s1. The van der Waals surface area contributed by atoms with Crippen LogP contribution in [0.4, 0.5) is 5.69 Å². The number of rotatable bonds is 4. The van der Waals surface area contributed by atoms with E-state index in [1.165, 1.54) is 42.5 Å². The van der Waals surface area contributed by atoms with E-state index in [1.54, 1.807) is 0 Å². The van der Waals surface area contributed by atoms with Gasteiger partial charge in [0, 0.05) is 11.7 Å². The molecule has 1 aliphatic heterocycles. The van der Waals surface area contributed by atoms with Gasteiger partial charge in [0.1, 0.15) is 0 Å². The average Bonchev–Trinajstić information content (AvgIpc) is 2.55.